The second-order valence-corrected chi connectivity index (χ2v) is 13.9. The van der Waals surface area contributed by atoms with E-state index >= 15 is 0 Å². The van der Waals surface area contributed by atoms with Crippen molar-refractivity contribution in [2.24, 2.45) is 5.14 Å². The van der Waals surface area contributed by atoms with Gasteiger partial charge in [-0.15, -0.1) is 0 Å². The first-order valence-corrected chi connectivity index (χ1v) is 17.2. The average Bonchev–Trinajstić information content (AvgIpc) is 3.57. The number of nitrogens with one attached hydrogen (secondary N) is 1. The van der Waals surface area contributed by atoms with Gasteiger partial charge in [0.25, 0.3) is 22.0 Å². The number of methoxy groups -OCH3 is 1. The lowest BCUT2D eigenvalue weighted by atomic mass is 9.81. The zero-order valence-corrected chi connectivity index (χ0v) is 25.9. The van der Waals surface area contributed by atoms with Crippen molar-refractivity contribution in [3.63, 3.8) is 0 Å². The summed E-state index contributed by atoms with van der Waals surface area (Å²) in [4.78, 5) is 31.7. The van der Waals surface area contributed by atoms with Crippen LogP contribution in [-0.4, -0.2) is 73.9 Å². The number of piperazine rings is 1. The molecule has 0 spiro atoms. The van der Waals surface area contributed by atoms with Gasteiger partial charge in [0.15, 0.2) is 0 Å². The summed E-state index contributed by atoms with van der Waals surface area (Å²) in [6, 6.07) is 11.8. The molecular formula is C33H39N5O5S. The zero-order valence-electron chi connectivity index (χ0n) is 25.0. The zero-order chi connectivity index (χ0) is 30.6. The van der Waals surface area contributed by atoms with Gasteiger partial charge < -0.3 is 14.2 Å². The summed E-state index contributed by atoms with van der Waals surface area (Å²) in [6.45, 7) is 3.75. The number of hydrogen-bond acceptors (Lipinski definition) is 6. The number of ether oxygens (including phenoxy) is 1. The van der Waals surface area contributed by atoms with E-state index < -0.39 is 16.1 Å². The van der Waals surface area contributed by atoms with Crippen molar-refractivity contribution >= 4 is 39.0 Å². The molecule has 1 aromatic heterocycles. The first-order valence-electron chi connectivity index (χ1n) is 15.6. The molecule has 2 saturated heterocycles. The number of aromatic nitrogens is 1. The molecule has 2 amide bonds. The molecule has 2 aromatic carbocycles. The summed E-state index contributed by atoms with van der Waals surface area (Å²) in [7, 11) is -2.58. The van der Waals surface area contributed by atoms with Crippen molar-refractivity contribution in [1.82, 2.24) is 19.1 Å². The molecule has 0 radical (unpaired) electrons. The van der Waals surface area contributed by atoms with Gasteiger partial charge in [0, 0.05) is 53.3 Å². The molecule has 10 nitrogen and oxygen atoms in total. The van der Waals surface area contributed by atoms with Crippen LogP contribution in [0.2, 0.25) is 0 Å². The van der Waals surface area contributed by atoms with Crippen molar-refractivity contribution in [3.05, 3.63) is 58.7 Å². The van der Waals surface area contributed by atoms with Gasteiger partial charge in [0.1, 0.15) is 5.75 Å². The van der Waals surface area contributed by atoms with E-state index in [1.54, 1.807) is 19.2 Å². The highest BCUT2D eigenvalue weighted by Gasteiger charge is 2.35. The van der Waals surface area contributed by atoms with E-state index in [2.05, 4.69) is 15.5 Å². The largest absolute Gasteiger partial charge is 0.497 e. The van der Waals surface area contributed by atoms with Crippen LogP contribution in [-0.2, 0) is 21.5 Å². The highest BCUT2D eigenvalue weighted by molar-refractivity contribution is 7.87. The number of nitrogens with two attached hydrogens (primary N) is 1. The first-order chi connectivity index (χ1) is 21.2. The fraction of sp³-hybridized carbons (Fsp3) is 0.455. The van der Waals surface area contributed by atoms with Crippen molar-refractivity contribution in [3.8, 4) is 17.0 Å². The third-order valence-corrected chi connectivity index (χ3v) is 10.4. The lowest BCUT2D eigenvalue weighted by Crippen LogP contribution is -2.52. The molecule has 3 fully saturated rings. The Hall–Kier alpha value is -3.67. The third kappa shape index (κ3) is 5.31. The van der Waals surface area contributed by atoms with Crippen LogP contribution in [0, 0.1) is 0 Å². The van der Waals surface area contributed by atoms with Crippen LogP contribution in [0.4, 0.5) is 0 Å². The Labute approximate surface area is 258 Å². The molecule has 232 valence electrons. The van der Waals surface area contributed by atoms with E-state index in [4.69, 9.17) is 9.88 Å². The molecule has 4 heterocycles. The lowest BCUT2D eigenvalue weighted by Gasteiger charge is -2.37. The molecule has 3 aromatic rings. The van der Waals surface area contributed by atoms with Crippen LogP contribution in [0.15, 0.2) is 42.0 Å². The van der Waals surface area contributed by atoms with E-state index in [0.717, 1.165) is 85.2 Å². The molecule has 1 saturated carbocycles. The summed E-state index contributed by atoms with van der Waals surface area (Å²) in [5.74, 6) is 0.290. The van der Waals surface area contributed by atoms with Crippen molar-refractivity contribution in [2.45, 2.75) is 63.5 Å². The molecule has 11 heteroatoms. The smallest absolute Gasteiger partial charge is 0.298 e. The van der Waals surface area contributed by atoms with E-state index in [1.807, 2.05) is 33.9 Å². The normalized spacial score (nSPS) is 20.8. The highest BCUT2D eigenvalue weighted by Crippen LogP contribution is 2.47. The molecule has 3 aliphatic heterocycles. The quantitative estimate of drug-likeness (QED) is 0.446. The third-order valence-electron chi connectivity index (χ3n) is 9.94. The summed E-state index contributed by atoms with van der Waals surface area (Å²) >= 11 is 0. The van der Waals surface area contributed by atoms with E-state index in [1.165, 1.54) is 18.4 Å². The maximum absolute atomic E-state index is 14.3. The van der Waals surface area contributed by atoms with E-state index in [-0.39, 0.29) is 11.5 Å². The Morgan fingerprint density at radius 1 is 0.977 bits per heavy atom. The maximum Gasteiger partial charge on any atom is 0.298 e. The summed E-state index contributed by atoms with van der Waals surface area (Å²) < 4.78 is 33.0. The van der Waals surface area contributed by atoms with Crippen LogP contribution < -0.4 is 14.6 Å². The van der Waals surface area contributed by atoms with E-state index in [9.17, 15) is 18.0 Å². The Morgan fingerprint density at radius 2 is 1.80 bits per heavy atom. The van der Waals surface area contributed by atoms with Gasteiger partial charge in [0.05, 0.1) is 19.3 Å². The number of rotatable bonds is 5. The number of fused-ring (bicyclic) bond motifs is 6. The minimum absolute atomic E-state index is 0.0300. The second-order valence-electron chi connectivity index (χ2n) is 12.6. The topological polar surface area (TPSA) is 127 Å². The molecule has 1 aliphatic carbocycles. The number of benzene rings is 2. The SMILES string of the molecule is COc1ccc2c(c1)C=C(C(=O)N1CCN3CCCC3C1)Cn1c-2c(C2CCCCC2)c2ccc(C(=O)NS(N)(=O)=O)cc21. The summed E-state index contributed by atoms with van der Waals surface area (Å²) in [5, 5.41) is 6.15. The molecule has 4 aliphatic rings. The van der Waals surface area contributed by atoms with Gasteiger partial charge in [-0.25, -0.2) is 9.86 Å². The van der Waals surface area contributed by atoms with Crippen LogP contribution in [0.5, 0.6) is 5.75 Å². The Morgan fingerprint density at radius 3 is 2.57 bits per heavy atom. The van der Waals surface area contributed by atoms with Crippen molar-refractivity contribution in [1.29, 1.82) is 0 Å². The second kappa shape index (κ2) is 11.4. The van der Waals surface area contributed by atoms with Crippen molar-refractivity contribution < 1.29 is 22.7 Å². The number of amides is 2. The molecule has 3 N–H and O–H groups in total. The molecule has 44 heavy (non-hydrogen) atoms. The van der Waals surface area contributed by atoms with Gasteiger partial charge in [-0.05, 0) is 85.7 Å². The summed E-state index contributed by atoms with van der Waals surface area (Å²) in [6.07, 6.45) is 9.95. The Kier molecular flexibility index (Phi) is 7.50. The first kappa shape index (κ1) is 29.1. The van der Waals surface area contributed by atoms with Gasteiger partial charge in [-0.2, -0.15) is 8.42 Å². The fourth-order valence-electron chi connectivity index (χ4n) is 7.88. The number of carbonyl (C=O) groups is 2. The maximum atomic E-state index is 14.3. The molecular weight excluding hydrogens is 578 g/mol. The van der Waals surface area contributed by atoms with Crippen molar-refractivity contribution in [2.75, 3.05) is 33.3 Å². The lowest BCUT2D eigenvalue weighted by molar-refractivity contribution is -0.129. The number of hydrogen-bond donors (Lipinski definition) is 2. The fourth-order valence-corrected chi connectivity index (χ4v) is 8.26. The highest BCUT2D eigenvalue weighted by atomic mass is 32.2. The Bertz CT molecular complexity index is 1790. The minimum atomic E-state index is -4.23. The van der Waals surface area contributed by atoms with Gasteiger partial charge in [-0.1, -0.05) is 25.3 Å². The van der Waals surface area contributed by atoms with Crippen LogP contribution in [0.1, 0.15) is 72.3 Å². The predicted octanol–water partition coefficient (Wildman–Crippen LogP) is 4.00. The van der Waals surface area contributed by atoms with Crippen LogP contribution in [0.3, 0.4) is 0 Å². The van der Waals surface area contributed by atoms with E-state index in [0.29, 0.717) is 30.6 Å². The number of carbonyl (C=O) groups excluding carboxylic acids is 2. The average molecular weight is 618 g/mol. The molecule has 7 rings (SSSR count). The monoisotopic (exact) mass is 617 g/mol. The standard InChI is InChI=1S/C33H39N5O5S/c1-43-26-10-12-27-23(17-26)16-24(33(40)37-15-14-36-13-5-8-25(36)20-37)19-38-29-18-22(32(39)35-44(34,41)42)9-11-28(29)30(31(27)38)21-6-3-2-4-7-21/h9-12,16-18,21,25H,2-8,13-15,19-20H2,1H3,(H,35,39)(H2,34,41,42). The molecule has 0 bridgehead atoms. The van der Waals surface area contributed by atoms with Gasteiger partial charge >= 0.3 is 0 Å². The Balaban J connectivity index is 1.40. The van der Waals surface area contributed by atoms with Gasteiger partial charge in [-0.3, -0.25) is 14.5 Å². The van der Waals surface area contributed by atoms with Crippen LogP contribution >= 0.6 is 0 Å². The summed E-state index contributed by atoms with van der Waals surface area (Å²) in [5.41, 5.74) is 5.89. The minimum Gasteiger partial charge on any atom is -0.497 e. The molecule has 1 unspecified atom stereocenters. The predicted molar refractivity (Wildman–Crippen MR) is 169 cm³/mol. The van der Waals surface area contributed by atoms with Crippen LogP contribution in [0.25, 0.3) is 28.2 Å². The molecule has 1 atom stereocenters. The number of nitrogens with zero attached hydrogens (tertiary/aromatic N) is 3. The van der Waals surface area contributed by atoms with Gasteiger partial charge in [0.2, 0.25) is 0 Å².